The Morgan fingerprint density at radius 3 is 2.63 bits per heavy atom. The molecule has 164 valence electrons. The van der Waals surface area contributed by atoms with Crippen LogP contribution in [-0.2, 0) is 10.9 Å². The Morgan fingerprint density at radius 2 is 2.03 bits per heavy atom. The van der Waals surface area contributed by atoms with E-state index in [1.807, 2.05) is 0 Å². The first-order valence-corrected chi connectivity index (χ1v) is 9.73. The van der Waals surface area contributed by atoms with Crippen LogP contribution in [0.2, 0.25) is 5.15 Å². The summed E-state index contributed by atoms with van der Waals surface area (Å²) in [7, 11) is 1.33. The average molecular weight is 450 g/mol. The zero-order valence-electron chi connectivity index (χ0n) is 16.0. The minimum atomic E-state index is -4.59. The molecule has 0 bridgehead atoms. The lowest BCUT2D eigenvalue weighted by atomic mass is 10.0. The van der Waals surface area contributed by atoms with Crippen molar-refractivity contribution in [2.45, 2.75) is 30.9 Å². The zero-order chi connectivity index (χ0) is 21.5. The van der Waals surface area contributed by atoms with Crippen LogP contribution >= 0.6 is 11.6 Å². The smallest absolute Gasteiger partial charge is 0.378 e. The second-order valence-corrected chi connectivity index (χ2v) is 7.54. The lowest BCUT2D eigenvalue weighted by Gasteiger charge is -2.42. The lowest BCUT2D eigenvalue weighted by Crippen LogP contribution is -2.55. The van der Waals surface area contributed by atoms with Gasteiger partial charge in [-0.25, -0.2) is 14.1 Å². The van der Waals surface area contributed by atoms with E-state index in [1.54, 1.807) is 0 Å². The van der Waals surface area contributed by atoms with E-state index < -0.39 is 24.0 Å². The van der Waals surface area contributed by atoms with Crippen LogP contribution in [-0.4, -0.2) is 70.2 Å². The lowest BCUT2D eigenvalue weighted by molar-refractivity contribution is -0.137. The molecule has 13 heteroatoms. The fourth-order valence-corrected chi connectivity index (χ4v) is 3.85. The van der Waals surface area contributed by atoms with Gasteiger partial charge in [-0.05, 0) is 6.42 Å². The van der Waals surface area contributed by atoms with Gasteiger partial charge in [-0.1, -0.05) is 11.6 Å². The molecule has 4 heterocycles. The number of alkyl halides is 4. The average Bonchev–Trinajstić information content (AvgIpc) is 3.00. The van der Waals surface area contributed by atoms with Gasteiger partial charge in [0, 0.05) is 26.3 Å². The van der Waals surface area contributed by atoms with Gasteiger partial charge in [0.05, 0.1) is 37.2 Å². The summed E-state index contributed by atoms with van der Waals surface area (Å²) in [6.07, 6.45) is -3.17. The van der Waals surface area contributed by atoms with E-state index in [-0.39, 0.29) is 35.2 Å². The van der Waals surface area contributed by atoms with Crippen molar-refractivity contribution in [1.29, 1.82) is 0 Å². The fraction of sp³-hybridized carbons (Fsp3) is 0.588. The molecule has 4 rings (SSSR count). The number of hydrogen-bond acceptors (Lipinski definition) is 7. The SMILES string of the molecule is CNc1nc(Nc2cnn(C3CCN(C4COC4)C[C@@H]3F)c2Cl)ncc1C(F)(F)F. The molecule has 1 unspecified atom stereocenters. The molecule has 0 saturated carbocycles. The summed E-state index contributed by atoms with van der Waals surface area (Å²) < 4.78 is 60.3. The maximum absolute atomic E-state index is 14.8. The summed E-state index contributed by atoms with van der Waals surface area (Å²) in [6, 6.07) is -0.278. The summed E-state index contributed by atoms with van der Waals surface area (Å²) in [5.74, 6) is -0.468. The van der Waals surface area contributed by atoms with Gasteiger partial charge in [-0.15, -0.1) is 0 Å². The molecule has 2 fully saturated rings. The van der Waals surface area contributed by atoms with Crippen LogP contribution in [0.5, 0.6) is 0 Å². The van der Waals surface area contributed by atoms with Crippen LogP contribution in [0.1, 0.15) is 18.0 Å². The molecule has 2 aromatic heterocycles. The van der Waals surface area contributed by atoms with Gasteiger partial charge in [0.15, 0.2) is 5.15 Å². The van der Waals surface area contributed by atoms with Crippen LogP contribution in [0.15, 0.2) is 12.4 Å². The predicted molar refractivity (Wildman–Crippen MR) is 102 cm³/mol. The van der Waals surface area contributed by atoms with Gasteiger partial charge in [-0.3, -0.25) is 4.90 Å². The molecule has 0 aliphatic carbocycles. The Balaban J connectivity index is 1.48. The monoisotopic (exact) mass is 449 g/mol. The van der Waals surface area contributed by atoms with E-state index in [9.17, 15) is 17.6 Å². The Bertz CT molecular complexity index is 905. The molecule has 0 spiro atoms. The second kappa shape index (κ2) is 8.16. The Kier molecular flexibility index (Phi) is 5.73. The van der Waals surface area contributed by atoms with E-state index in [2.05, 4.69) is 30.6 Å². The summed E-state index contributed by atoms with van der Waals surface area (Å²) in [4.78, 5) is 9.60. The molecular formula is C17H20ClF4N7O. The number of hydrogen-bond donors (Lipinski definition) is 2. The number of nitrogens with one attached hydrogen (secondary N) is 2. The molecule has 2 aliphatic heterocycles. The number of aromatic nitrogens is 4. The van der Waals surface area contributed by atoms with Crippen molar-refractivity contribution in [3.63, 3.8) is 0 Å². The Labute approximate surface area is 174 Å². The molecule has 2 N–H and O–H groups in total. The normalized spacial score (nSPS) is 23.3. The van der Waals surface area contributed by atoms with Crippen molar-refractivity contribution in [2.24, 2.45) is 0 Å². The first-order valence-electron chi connectivity index (χ1n) is 9.35. The van der Waals surface area contributed by atoms with Crippen LogP contribution < -0.4 is 10.6 Å². The molecule has 0 radical (unpaired) electrons. The molecule has 2 aromatic rings. The molecule has 2 aliphatic rings. The number of likely N-dealkylation sites (tertiary alicyclic amines) is 1. The van der Waals surface area contributed by atoms with E-state index in [0.717, 1.165) is 0 Å². The highest BCUT2D eigenvalue weighted by Gasteiger charge is 2.38. The highest BCUT2D eigenvalue weighted by atomic mass is 35.5. The van der Waals surface area contributed by atoms with Crippen molar-refractivity contribution in [3.8, 4) is 0 Å². The third-order valence-corrected chi connectivity index (χ3v) is 5.68. The number of ether oxygens (including phenoxy) is 1. The summed E-state index contributed by atoms with van der Waals surface area (Å²) in [5.41, 5.74) is -0.707. The molecule has 2 saturated heterocycles. The van der Waals surface area contributed by atoms with Gasteiger partial charge in [0.25, 0.3) is 0 Å². The molecule has 8 nitrogen and oxygen atoms in total. The van der Waals surface area contributed by atoms with Gasteiger partial charge in [-0.2, -0.15) is 23.3 Å². The Morgan fingerprint density at radius 1 is 1.27 bits per heavy atom. The molecule has 0 aromatic carbocycles. The third kappa shape index (κ3) is 4.03. The minimum absolute atomic E-state index is 0.0922. The van der Waals surface area contributed by atoms with Crippen LogP contribution in [0.4, 0.5) is 35.0 Å². The number of nitrogens with zero attached hydrogens (tertiary/aromatic N) is 5. The van der Waals surface area contributed by atoms with Gasteiger partial charge >= 0.3 is 6.18 Å². The fourth-order valence-electron chi connectivity index (χ4n) is 3.58. The summed E-state index contributed by atoms with van der Waals surface area (Å²) in [6.45, 7) is 2.21. The highest BCUT2D eigenvalue weighted by Crippen LogP contribution is 2.36. The Hall–Kier alpha value is -2.18. The minimum Gasteiger partial charge on any atom is -0.378 e. The highest BCUT2D eigenvalue weighted by molar-refractivity contribution is 6.32. The van der Waals surface area contributed by atoms with Gasteiger partial charge < -0.3 is 15.4 Å². The number of piperidine rings is 1. The van der Waals surface area contributed by atoms with E-state index in [0.29, 0.717) is 32.4 Å². The van der Waals surface area contributed by atoms with Crippen molar-refractivity contribution in [3.05, 3.63) is 23.1 Å². The largest absolute Gasteiger partial charge is 0.421 e. The quantitative estimate of drug-likeness (QED) is 0.679. The van der Waals surface area contributed by atoms with E-state index in [1.165, 1.54) is 17.9 Å². The van der Waals surface area contributed by atoms with Crippen LogP contribution in [0, 0.1) is 0 Å². The van der Waals surface area contributed by atoms with Gasteiger partial charge in [0.2, 0.25) is 5.95 Å². The van der Waals surface area contributed by atoms with Crippen molar-refractivity contribution in [1.82, 2.24) is 24.6 Å². The first-order chi connectivity index (χ1) is 14.3. The maximum atomic E-state index is 14.8. The second-order valence-electron chi connectivity index (χ2n) is 7.18. The van der Waals surface area contributed by atoms with Crippen molar-refractivity contribution >= 4 is 29.1 Å². The third-order valence-electron chi connectivity index (χ3n) is 5.30. The standard InChI is InChI=1S/C17H20ClF4N7O/c1-23-15-10(17(20,21)22)4-24-16(27-15)26-12-5-25-29(14(12)18)13-2-3-28(6-11(13)19)9-7-30-8-9/h4-5,9,11,13H,2-3,6-8H2,1H3,(H2,23,24,26,27)/t11-,13?/m0/s1. The zero-order valence-corrected chi connectivity index (χ0v) is 16.7. The van der Waals surface area contributed by atoms with Crippen LogP contribution in [0.25, 0.3) is 0 Å². The van der Waals surface area contributed by atoms with Crippen molar-refractivity contribution in [2.75, 3.05) is 44.0 Å². The number of anilines is 3. The number of rotatable bonds is 5. The van der Waals surface area contributed by atoms with Gasteiger partial charge in [0.1, 0.15) is 17.6 Å². The topological polar surface area (TPSA) is 80.1 Å². The summed E-state index contributed by atoms with van der Waals surface area (Å²) >= 11 is 6.37. The van der Waals surface area contributed by atoms with E-state index in [4.69, 9.17) is 16.3 Å². The molecule has 0 amide bonds. The summed E-state index contributed by atoms with van der Waals surface area (Å²) in [5, 5.41) is 9.47. The van der Waals surface area contributed by atoms with E-state index >= 15 is 0 Å². The molecule has 2 atom stereocenters. The van der Waals surface area contributed by atoms with Crippen LogP contribution in [0.3, 0.4) is 0 Å². The first kappa shape index (κ1) is 21.1. The molecular weight excluding hydrogens is 430 g/mol. The predicted octanol–water partition coefficient (Wildman–Crippen LogP) is 3.11. The number of halogens is 5. The van der Waals surface area contributed by atoms with Crippen molar-refractivity contribution < 1.29 is 22.3 Å². The maximum Gasteiger partial charge on any atom is 0.421 e. The molecule has 30 heavy (non-hydrogen) atoms.